The number of hydrogen-bond acceptors (Lipinski definition) is 3. The molecule has 3 fully saturated rings. The molecule has 4 nitrogen and oxygen atoms in total. The maximum Gasteiger partial charge on any atom is 0.239 e. The first-order valence-corrected chi connectivity index (χ1v) is 8.05. The van der Waals surface area contributed by atoms with Gasteiger partial charge in [0.25, 0.3) is 0 Å². The monoisotopic (exact) mass is 316 g/mol. The molecule has 2 heterocycles. The van der Waals surface area contributed by atoms with E-state index in [2.05, 4.69) is 18.8 Å². The zero-order valence-electron chi connectivity index (χ0n) is 12.5. The van der Waals surface area contributed by atoms with Crippen molar-refractivity contribution in [3.8, 4) is 0 Å². The van der Waals surface area contributed by atoms with Crippen LogP contribution in [0.5, 0.6) is 0 Å². The lowest BCUT2D eigenvalue weighted by atomic mass is 9.81. The van der Waals surface area contributed by atoms with Crippen LogP contribution in [0.2, 0.25) is 5.02 Å². The number of carbonyl (C=O) groups is 2. The molecular weight excluding hydrogens is 300 g/mol. The third kappa shape index (κ3) is 1.67. The van der Waals surface area contributed by atoms with Crippen molar-refractivity contribution in [3.05, 3.63) is 34.5 Å². The van der Waals surface area contributed by atoms with Crippen molar-refractivity contribution in [3.63, 3.8) is 0 Å². The Morgan fingerprint density at radius 1 is 1.14 bits per heavy atom. The van der Waals surface area contributed by atoms with Gasteiger partial charge in [-0.1, -0.05) is 22.7 Å². The highest BCUT2D eigenvalue weighted by Gasteiger charge is 2.63. The lowest BCUT2D eigenvalue weighted by Crippen LogP contribution is -2.33. The van der Waals surface area contributed by atoms with E-state index < -0.39 is 0 Å². The van der Waals surface area contributed by atoms with Gasteiger partial charge in [0.1, 0.15) is 5.82 Å². The van der Waals surface area contributed by atoms with Gasteiger partial charge in [0.05, 0.1) is 16.9 Å². The van der Waals surface area contributed by atoms with Gasteiger partial charge in [-0.25, -0.2) is 9.88 Å². The molecule has 2 amide bonds. The van der Waals surface area contributed by atoms with Crippen LogP contribution in [0.1, 0.15) is 26.7 Å². The number of aromatic nitrogens is 1. The van der Waals surface area contributed by atoms with E-state index in [0.717, 1.165) is 12.8 Å². The van der Waals surface area contributed by atoms with Gasteiger partial charge in [-0.3, -0.25) is 9.59 Å². The van der Waals surface area contributed by atoms with Crippen LogP contribution < -0.4 is 4.90 Å². The number of halogens is 1. The Bertz CT molecular complexity index is 674. The van der Waals surface area contributed by atoms with Gasteiger partial charge in [0.2, 0.25) is 11.8 Å². The molecule has 2 bridgehead atoms. The second kappa shape index (κ2) is 4.66. The van der Waals surface area contributed by atoms with Gasteiger partial charge < -0.3 is 0 Å². The standard InChI is InChI=1S/C17H17ClN2O2/c1-8(2)13-10-4-5-11(13)15-14(10)16(21)20(17(15)22)12-6-3-9(18)7-19-12/h3,6-7,10-11,14-15H,4-5H2,1-2H3/t10-,11-,14-,15+/m1/s1. The van der Waals surface area contributed by atoms with Crippen molar-refractivity contribution in [2.45, 2.75) is 26.7 Å². The minimum atomic E-state index is -0.186. The summed E-state index contributed by atoms with van der Waals surface area (Å²) in [4.78, 5) is 31.1. The number of nitrogens with zero attached hydrogens (tertiary/aromatic N) is 2. The molecule has 4 atom stereocenters. The van der Waals surface area contributed by atoms with E-state index in [1.54, 1.807) is 12.1 Å². The summed E-state index contributed by atoms with van der Waals surface area (Å²) in [6, 6.07) is 3.30. The van der Waals surface area contributed by atoms with Crippen molar-refractivity contribution in [2.24, 2.45) is 23.7 Å². The number of pyridine rings is 1. The summed E-state index contributed by atoms with van der Waals surface area (Å²) in [7, 11) is 0. The van der Waals surface area contributed by atoms with Crippen molar-refractivity contribution >= 4 is 29.2 Å². The predicted octanol–water partition coefficient (Wildman–Crippen LogP) is 3.22. The van der Waals surface area contributed by atoms with Crippen LogP contribution in [0.25, 0.3) is 0 Å². The van der Waals surface area contributed by atoms with Crippen LogP contribution in [0.4, 0.5) is 5.82 Å². The Kier molecular flexibility index (Phi) is 2.95. The molecule has 1 saturated heterocycles. The maximum absolute atomic E-state index is 12.9. The van der Waals surface area contributed by atoms with Crippen LogP contribution in [0, 0.1) is 23.7 Å². The number of allylic oxidation sites excluding steroid dienone is 2. The number of rotatable bonds is 1. The zero-order chi connectivity index (χ0) is 15.6. The van der Waals surface area contributed by atoms with Crippen molar-refractivity contribution in [1.29, 1.82) is 0 Å². The van der Waals surface area contributed by atoms with E-state index in [1.807, 2.05) is 0 Å². The molecule has 3 aliphatic rings. The molecule has 0 radical (unpaired) electrons. The van der Waals surface area contributed by atoms with Crippen LogP contribution in [0.3, 0.4) is 0 Å². The summed E-state index contributed by atoms with van der Waals surface area (Å²) < 4.78 is 0. The first-order chi connectivity index (χ1) is 10.5. The smallest absolute Gasteiger partial charge is 0.239 e. The van der Waals surface area contributed by atoms with Crippen LogP contribution in [-0.2, 0) is 9.59 Å². The average Bonchev–Trinajstić information content (AvgIpc) is 3.11. The number of fused-ring (bicyclic) bond motifs is 5. The number of amides is 2. The Hall–Kier alpha value is -1.68. The number of hydrogen-bond donors (Lipinski definition) is 0. The normalized spacial score (nSPS) is 32.9. The van der Waals surface area contributed by atoms with E-state index in [1.165, 1.54) is 22.2 Å². The number of anilines is 1. The summed E-state index contributed by atoms with van der Waals surface area (Å²) in [6.45, 7) is 4.18. The van der Waals surface area contributed by atoms with Crippen LogP contribution in [-0.4, -0.2) is 16.8 Å². The van der Waals surface area contributed by atoms with Crippen molar-refractivity contribution < 1.29 is 9.59 Å². The highest BCUT2D eigenvalue weighted by Crippen LogP contribution is 2.60. The molecule has 114 valence electrons. The third-order valence-electron chi connectivity index (χ3n) is 5.37. The molecule has 0 aromatic carbocycles. The molecule has 1 aromatic heterocycles. The molecule has 5 heteroatoms. The molecule has 22 heavy (non-hydrogen) atoms. The third-order valence-corrected chi connectivity index (χ3v) is 5.59. The highest BCUT2D eigenvalue weighted by molar-refractivity contribution is 6.30. The quantitative estimate of drug-likeness (QED) is 0.590. The molecule has 0 N–H and O–H groups in total. The van der Waals surface area contributed by atoms with Crippen molar-refractivity contribution in [1.82, 2.24) is 4.98 Å². The van der Waals surface area contributed by atoms with Gasteiger partial charge in [-0.15, -0.1) is 0 Å². The molecular formula is C17H17ClN2O2. The maximum atomic E-state index is 12.9. The first-order valence-electron chi connectivity index (χ1n) is 7.67. The number of imide groups is 1. The van der Waals surface area contributed by atoms with Crippen molar-refractivity contribution in [2.75, 3.05) is 4.90 Å². The van der Waals surface area contributed by atoms with Gasteiger partial charge in [0, 0.05) is 6.20 Å². The van der Waals surface area contributed by atoms with Gasteiger partial charge in [-0.2, -0.15) is 0 Å². The molecule has 0 spiro atoms. The predicted molar refractivity (Wildman–Crippen MR) is 83.3 cm³/mol. The second-order valence-electron chi connectivity index (χ2n) is 6.64. The Balaban J connectivity index is 1.75. The summed E-state index contributed by atoms with van der Waals surface area (Å²) >= 11 is 5.84. The lowest BCUT2D eigenvalue weighted by molar-refractivity contribution is -0.123. The molecule has 0 unspecified atom stereocenters. The lowest BCUT2D eigenvalue weighted by Gasteiger charge is -2.18. The summed E-state index contributed by atoms with van der Waals surface area (Å²) in [6.07, 6.45) is 3.52. The van der Waals surface area contributed by atoms with E-state index in [4.69, 9.17) is 11.6 Å². The van der Waals surface area contributed by atoms with Gasteiger partial charge >= 0.3 is 0 Å². The van der Waals surface area contributed by atoms with E-state index in [-0.39, 0.29) is 35.5 Å². The molecule has 4 rings (SSSR count). The molecule has 2 saturated carbocycles. The van der Waals surface area contributed by atoms with Gasteiger partial charge in [0.15, 0.2) is 0 Å². The Labute approximate surface area is 134 Å². The van der Waals surface area contributed by atoms with E-state index in [9.17, 15) is 9.59 Å². The van der Waals surface area contributed by atoms with Crippen LogP contribution in [0.15, 0.2) is 29.5 Å². The fourth-order valence-electron chi connectivity index (χ4n) is 4.72. The molecule has 2 aliphatic carbocycles. The fraction of sp³-hybridized carbons (Fsp3) is 0.471. The van der Waals surface area contributed by atoms with E-state index in [0.29, 0.717) is 10.8 Å². The minimum absolute atomic E-state index is 0.0872. The highest BCUT2D eigenvalue weighted by atomic mass is 35.5. The van der Waals surface area contributed by atoms with E-state index >= 15 is 0 Å². The number of carbonyl (C=O) groups excluding carboxylic acids is 2. The van der Waals surface area contributed by atoms with Crippen LogP contribution >= 0.6 is 11.6 Å². The SMILES string of the molecule is CC(C)=C1[C@H]2CC[C@H]1[C@H]1C(=O)N(c3ccc(Cl)cn3)C(=O)[C@H]12. The molecule has 1 aromatic rings. The Morgan fingerprint density at radius 3 is 2.18 bits per heavy atom. The van der Waals surface area contributed by atoms with Gasteiger partial charge in [-0.05, 0) is 50.7 Å². The first kappa shape index (κ1) is 13.9. The second-order valence-corrected chi connectivity index (χ2v) is 7.08. The minimum Gasteiger partial charge on any atom is -0.274 e. The zero-order valence-corrected chi connectivity index (χ0v) is 13.3. The fourth-order valence-corrected chi connectivity index (χ4v) is 4.83. The largest absolute Gasteiger partial charge is 0.274 e. The average molecular weight is 317 g/mol. The molecule has 1 aliphatic heterocycles. The summed E-state index contributed by atoms with van der Waals surface area (Å²) in [5, 5.41) is 0.495. The topological polar surface area (TPSA) is 50.3 Å². The summed E-state index contributed by atoms with van der Waals surface area (Å²) in [5.41, 5.74) is 2.64. The Morgan fingerprint density at radius 2 is 1.73 bits per heavy atom. The summed E-state index contributed by atoms with van der Waals surface area (Å²) in [5.74, 6) is 0.336.